The minimum absolute atomic E-state index is 0.0346. The van der Waals surface area contributed by atoms with Crippen molar-refractivity contribution in [1.29, 1.82) is 5.26 Å². The molecule has 3 aromatic carbocycles. The van der Waals surface area contributed by atoms with Crippen molar-refractivity contribution < 1.29 is 33.6 Å². The number of nitrogens with one attached hydrogen (secondary N) is 2. The Morgan fingerprint density at radius 1 is 1.13 bits per heavy atom. The Labute approximate surface area is 274 Å². The van der Waals surface area contributed by atoms with Crippen molar-refractivity contribution in [2.75, 3.05) is 34.4 Å². The van der Waals surface area contributed by atoms with Gasteiger partial charge in [0.1, 0.15) is 11.8 Å². The van der Waals surface area contributed by atoms with E-state index < -0.39 is 12.1 Å². The topological polar surface area (TPSA) is 135 Å². The lowest BCUT2D eigenvalue weighted by atomic mass is 9.72. The third kappa shape index (κ3) is 5.21. The first-order chi connectivity index (χ1) is 22.9. The number of fused-ring (bicyclic) bond motifs is 9. The number of rotatable bonds is 9. The second-order valence-corrected chi connectivity index (χ2v) is 12.7. The molecule has 3 N–H and O–H groups in total. The zero-order valence-electron chi connectivity index (χ0n) is 27.1. The molecular formula is C36H40N4O7. The van der Waals surface area contributed by atoms with E-state index in [1.165, 1.54) is 0 Å². The second kappa shape index (κ2) is 12.6. The van der Waals surface area contributed by atoms with E-state index in [2.05, 4.69) is 27.7 Å². The van der Waals surface area contributed by atoms with Gasteiger partial charge in [0.15, 0.2) is 29.8 Å². The van der Waals surface area contributed by atoms with E-state index in [1.807, 2.05) is 44.2 Å². The minimum Gasteiger partial charge on any atom is -0.507 e. The quantitative estimate of drug-likeness (QED) is 0.296. The first-order valence-corrected chi connectivity index (χ1v) is 16.1. The van der Waals surface area contributed by atoms with Gasteiger partial charge in [-0.1, -0.05) is 36.4 Å². The molecule has 1 unspecified atom stereocenters. The first-order valence-electron chi connectivity index (χ1n) is 16.1. The maximum atomic E-state index is 13.3. The lowest BCUT2D eigenvalue weighted by molar-refractivity contribution is -0.121. The molecule has 0 aromatic heterocycles. The van der Waals surface area contributed by atoms with Gasteiger partial charge in [0.2, 0.25) is 12.7 Å². The molecule has 246 valence electrons. The number of aromatic hydroxyl groups is 1. The van der Waals surface area contributed by atoms with Crippen molar-refractivity contribution in [3.63, 3.8) is 0 Å². The molecule has 0 radical (unpaired) electrons. The smallest absolute Gasteiger partial charge is 0.231 e. The number of hydrogen-bond donors (Lipinski definition) is 3. The van der Waals surface area contributed by atoms with Crippen LogP contribution in [0.1, 0.15) is 57.4 Å². The van der Waals surface area contributed by atoms with E-state index in [0.717, 1.165) is 33.4 Å². The maximum absolute atomic E-state index is 13.3. The van der Waals surface area contributed by atoms with Crippen LogP contribution in [0, 0.1) is 25.2 Å². The Morgan fingerprint density at radius 3 is 2.66 bits per heavy atom. The Kier molecular flexibility index (Phi) is 8.34. The van der Waals surface area contributed by atoms with Gasteiger partial charge in [-0.15, -0.1) is 0 Å². The van der Waals surface area contributed by atoms with Crippen molar-refractivity contribution >= 4 is 5.91 Å². The van der Waals surface area contributed by atoms with E-state index >= 15 is 0 Å². The van der Waals surface area contributed by atoms with Gasteiger partial charge < -0.3 is 39.4 Å². The van der Waals surface area contributed by atoms with Crippen LogP contribution in [0.3, 0.4) is 0 Å². The van der Waals surface area contributed by atoms with Gasteiger partial charge in [-0.3, -0.25) is 9.69 Å². The van der Waals surface area contributed by atoms with Gasteiger partial charge in [0.25, 0.3) is 0 Å². The average molecular weight is 641 g/mol. The van der Waals surface area contributed by atoms with Crippen molar-refractivity contribution in [1.82, 2.24) is 15.5 Å². The Bertz CT molecular complexity index is 1740. The van der Waals surface area contributed by atoms with Gasteiger partial charge >= 0.3 is 0 Å². The molecule has 4 aliphatic rings. The van der Waals surface area contributed by atoms with E-state index in [4.69, 9.17) is 23.7 Å². The number of carbonyl (C=O) groups is 1. The van der Waals surface area contributed by atoms with Crippen molar-refractivity contribution in [3.8, 4) is 34.8 Å². The van der Waals surface area contributed by atoms with Gasteiger partial charge in [-0.25, -0.2) is 0 Å². The highest BCUT2D eigenvalue weighted by Crippen LogP contribution is 2.56. The van der Waals surface area contributed by atoms with Crippen LogP contribution in [-0.2, 0) is 28.8 Å². The molecule has 0 saturated carbocycles. The van der Waals surface area contributed by atoms with Crippen LogP contribution < -0.4 is 29.6 Å². The molecule has 4 aliphatic heterocycles. The molecule has 1 fully saturated rings. The van der Waals surface area contributed by atoms with Gasteiger partial charge in [-0.05, 0) is 49.8 Å². The normalized spacial score (nSPS) is 23.6. The molecule has 47 heavy (non-hydrogen) atoms. The molecule has 2 bridgehead atoms. The number of nitrogens with zero attached hydrogens (tertiary/aromatic N) is 2. The molecule has 4 heterocycles. The average Bonchev–Trinajstić information content (AvgIpc) is 3.58. The number of benzene rings is 3. The van der Waals surface area contributed by atoms with Crippen LogP contribution in [0.5, 0.6) is 28.7 Å². The zero-order valence-corrected chi connectivity index (χ0v) is 27.1. The highest BCUT2D eigenvalue weighted by molar-refractivity contribution is 5.76. The molecule has 11 nitrogen and oxygen atoms in total. The molecule has 0 aliphatic carbocycles. The van der Waals surface area contributed by atoms with Gasteiger partial charge in [-0.2, -0.15) is 5.26 Å². The fourth-order valence-corrected chi connectivity index (χ4v) is 8.07. The molecule has 0 spiro atoms. The Balaban J connectivity index is 1.32. The third-order valence-electron chi connectivity index (χ3n) is 10.1. The number of ether oxygens (including phenoxy) is 5. The van der Waals surface area contributed by atoms with Crippen LogP contribution in [0.15, 0.2) is 36.4 Å². The predicted octanol–water partition coefficient (Wildman–Crippen LogP) is 3.91. The highest BCUT2D eigenvalue weighted by atomic mass is 16.7. The van der Waals surface area contributed by atoms with E-state index in [9.17, 15) is 15.2 Å². The standard InChI is InChI=1S/C36H40N4O7/c1-19-12-22-13-24-26(15-37)40-25(31(39-24)29(22)35(33(19)44-4)45-17-43-3)14-23-30(36-34(46-18-47-36)20(2)32(23)42)27(40)16-38-28(41)11-10-21-8-6-5-7-9-21/h5-9,12,24-27,31,39,42H,10-11,13-14,16-18H2,1-4H3,(H,38,41)/t24-,25?,26+,27+,31-/m1/s1. The Hall–Kier alpha value is -4.50. The largest absolute Gasteiger partial charge is 0.507 e. The lowest BCUT2D eigenvalue weighted by Gasteiger charge is -2.56. The summed E-state index contributed by atoms with van der Waals surface area (Å²) >= 11 is 0. The number of phenols is 1. The summed E-state index contributed by atoms with van der Waals surface area (Å²) in [4.78, 5) is 15.5. The summed E-state index contributed by atoms with van der Waals surface area (Å²) in [5, 5.41) is 29.3. The summed E-state index contributed by atoms with van der Waals surface area (Å²) in [6, 6.07) is 12.9. The maximum Gasteiger partial charge on any atom is 0.231 e. The minimum atomic E-state index is -0.532. The molecule has 7 rings (SSSR count). The third-order valence-corrected chi connectivity index (χ3v) is 10.1. The van der Waals surface area contributed by atoms with Crippen molar-refractivity contribution in [2.45, 2.75) is 69.7 Å². The molecule has 1 amide bonds. The molecular weight excluding hydrogens is 600 g/mol. The monoisotopic (exact) mass is 640 g/mol. The SMILES string of the molecule is COCOc1c(OC)c(C)cc2c1[C@@H]1N[C@H](C2)[C@H](C#N)N2C1Cc1c(O)c(C)c3c(c1[C@@H]2CNC(=O)CCc1ccccc1)OCO3. The summed E-state index contributed by atoms with van der Waals surface area (Å²) in [6.45, 7) is 4.11. The van der Waals surface area contributed by atoms with Crippen LogP contribution >= 0.6 is 0 Å². The number of aryl methyl sites for hydroxylation is 2. The first kappa shape index (κ1) is 31.1. The van der Waals surface area contributed by atoms with E-state index in [0.29, 0.717) is 54.2 Å². The second-order valence-electron chi connectivity index (χ2n) is 12.7. The summed E-state index contributed by atoms with van der Waals surface area (Å²) in [7, 11) is 3.21. The summed E-state index contributed by atoms with van der Waals surface area (Å²) in [5.74, 6) is 2.37. The molecule has 1 saturated heterocycles. The van der Waals surface area contributed by atoms with Gasteiger partial charge in [0, 0.05) is 54.4 Å². The van der Waals surface area contributed by atoms with Crippen LogP contribution in [0.4, 0.5) is 0 Å². The number of piperazine rings is 1. The van der Waals surface area contributed by atoms with Crippen molar-refractivity contribution in [2.24, 2.45) is 0 Å². The van der Waals surface area contributed by atoms with E-state index in [1.54, 1.807) is 14.2 Å². The highest BCUT2D eigenvalue weighted by Gasteiger charge is 2.54. The fourth-order valence-electron chi connectivity index (χ4n) is 8.07. The zero-order chi connectivity index (χ0) is 32.8. The molecule has 3 aromatic rings. The number of amides is 1. The van der Waals surface area contributed by atoms with Crippen LogP contribution in [0.2, 0.25) is 0 Å². The van der Waals surface area contributed by atoms with Crippen LogP contribution in [0.25, 0.3) is 0 Å². The summed E-state index contributed by atoms with van der Waals surface area (Å²) < 4.78 is 29.3. The number of nitriles is 1. The summed E-state index contributed by atoms with van der Waals surface area (Å²) in [5.41, 5.74) is 6.18. The fraction of sp³-hybridized carbons (Fsp3) is 0.444. The lowest BCUT2D eigenvalue weighted by Crippen LogP contribution is -2.68. The molecule has 11 heteroatoms. The predicted molar refractivity (Wildman–Crippen MR) is 172 cm³/mol. The van der Waals surface area contributed by atoms with Gasteiger partial charge in [0.05, 0.1) is 25.3 Å². The number of carbonyl (C=O) groups excluding carboxylic acids is 1. The van der Waals surface area contributed by atoms with E-state index in [-0.39, 0.29) is 49.9 Å². The number of hydrogen-bond acceptors (Lipinski definition) is 10. The van der Waals surface area contributed by atoms with Crippen molar-refractivity contribution in [3.05, 3.63) is 75.3 Å². The summed E-state index contributed by atoms with van der Waals surface area (Å²) in [6.07, 6.45) is 1.97. The Morgan fingerprint density at radius 2 is 1.91 bits per heavy atom. The number of phenolic OH excluding ortho intramolecular Hbond substituents is 1. The molecule has 5 atom stereocenters. The number of methoxy groups -OCH3 is 2. The van der Waals surface area contributed by atoms with Crippen LogP contribution in [-0.4, -0.2) is 68.4 Å².